The standard InChI is InChI=1S/C45H35F3N6O6/c1-21(2)34-40-53-36-37(60-40)43-27-13-7-12-25(24-11-8-14-29-33(24)26(19-49-29)32-20-50-39(36)58-32)35(27)54-42(43)59-31-16-15-22(17-28(31)43)18-30(38(55)52-34)51-41(56)44(57-3,45(46,47)48)23-9-5-4-6-10-23/h4-17,19-21,30,34,42,49,54H,18H2,1-3H3,(H,51,56)(H,52,55)/t30-,34-,42?,43-,44+/m0/s1. The van der Waals surface area contributed by atoms with Gasteiger partial charge in [0.25, 0.3) is 11.5 Å². The minimum atomic E-state index is -5.20. The first-order valence-corrected chi connectivity index (χ1v) is 19.5. The predicted molar refractivity (Wildman–Crippen MR) is 212 cm³/mol. The van der Waals surface area contributed by atoms with Crippen molar-refractivity contribution in [1.82, 2.24) is 25.6 Å². The van der Waals surface area contributed by atoms with E-state index in [-0.39, 0.29) is 29.8 Å². The number of hydrogen-bond acceptors (Lipinski definition) is 9. The lowest BCUT2D eigenvalue weighted by molar-refractivity contribution is -0.266. The van der Waals surface area contributed by atoms with E-state index >= 15 is 13.2 Å². The molecule has 1 unspecified atom stereocenters. The number of alkyl halides is 3. The number of rotatable bonds is 5. The number of benzene rings is 4. The van der Waals surface area contributed by atoms with E-state index in [1.54, 1.807) is 18.3 Å². The Morgan fingerprint density at radius 3 is 2.53 bits per heavy atom. The molecule has 4 aliphatic heterocycles. The normalized spacial score (nSPS) is 21.9. The smallest absolute Gasteiger partial charge is 0.430 e. The van der Waals surface area contributed by atoms with Crippen LogP contribution in [0.1, 0.15) is 53.8 Å². The molecule has 4 N–H and O–H groups in total. The van der Waals surface area contributed by atoms with E-state index < -0.39 is 52.9 Å². The highest BCUT2D eigenvalue weighted by atomic mass is 19.4. The fraction of sp³-hybridized carbons (Fsp3) is 0.244. The number of nitrogens with zero attached hydrogens (tertiary/aromatic N) is 2. The van der Waals surface area contributed by atoms with Gasteiger partial charge in [-0.2, -0.15) is 13.2 Å². The van der Waals surface area contributed by atoms with Crippen LogP contribution in [0.5, 0.6) is 5.75 Å². The van der Waals surface area contributed by atoms with E-state index in [1.165, 1.54) is 18.2 Å². The van der Waals surface area contributed by atoms with Crippen molar-refractivity contribution in [1.29, 1.82) is 0 Å². The van der Waals surface area contributed by atoms with Gasteiger partial charge in [0.2, 0.25) is 17.7 Å². The largest absolute Gasteiger partial charge is 0.469 e. The summed E-state index contributed by atoms with van der Waals surface area (Å²) in [6, 6.07) is 21.6. The van der Waals surface area contributed by atoms with E-state index in [2.05, 4.69) is 27.0 Å². The molecule has 302 valence electrons. The fourth-order valence-electron chi connectivity index (χ4n) is 9.54. The second-order valence-electron chi connectivity index (χ2n) is 15.9. The summed E-state index contributed by atoms with van der Waals surface area (Å²) in [5.74, 6) is -1.04. The van der Waals surface area contributed by atoms with Crippen LogP contribution in [-0.2, 0) is 31.8 Å². The first-order chi connectivity index (χ1) is 28.9. The number of aromatic amines is 1. The predicted octanol–water partition coefficient (Wildman–Crippen LogP) is 7.90. The first-order valence-electron chi connectivity index (χ1n) is 19.5. The Hall–Kier alpha value is -6.87. The highest BCUT2D eigenvalue weighted by Crippen LogP contribution is 2.61. The number of ether oxygens (including phenoxy) is 2. The number of fused-ring (bicyclic) bond motifs is 7. The number of amides is 2. The summed E-state index contributed by atoms with van der Waals surface area (Å²) >= 11 is 0. The zero-order valence-corrected chi connectivity index (χ0v) is 32.2. The van der Waals surface area contributed by atoms with Crippen LogP contribution in [0.4, 0.5) is 18.9 Å². The number of carbonyl (C=O) groups is 2. The van der Waals surface area contributed by atoms with Crippen molar-refractivity contribution in [3.63, 3.8) is 0 Å². The molecular formula is C45H35F3N6O6. The van der Waals surface area contributed by atoms with Crippen molar-refractivity contribution in [3.05, 3.63) is 131 Å². The number of para-hydroxylation sites is 1. The molecular weight excluding hydrogens is 778 g/mol. The van der Waals surface area contributed by atoms with E-state index in [1.807, 2.05) is 56.4 Å². The van der Waals surface area contributed by atoms with Crippen LogP contribution < -0.4 is 20.7 Å². The number of carbonyl (C=O) groups excluding carboxylic acids is 2. The molecule has 0 fully saturated rings. The number of aromatic nitrogens is 3. The molecule has 3 aromatic heterocycles. The average Bonchev–Trinajstić information content (AvgIpc) is 4.06. The summed E-state index contributed by atoms with van der Waals surface area (Å²) in [6.45, 7) is 3.70. The van der Waals surface area contributed by atoms with Crippen molar-refractivity contribution in [3.8, 4) is 39.8 Å². The van der Waals surface area contributed by atoms with Gasteiger partial charge >= 0.3 is 6.18 Å². The third kappa shape index (κ3) is 4.77. The summed E-state index contributed by atoms with van der Waals surface area (Å²) in [4.78, 5) is 41.9. The third-order valence-electron chi connectivity index (χ3n) is 12.3. The molecule has 4 aromatic carbocycles. The van der Waals surface area contributed by atoms with Gasteiger partial charge in [-0.25, -0.2) is 9.97 Å². The van der Waals surface area contributed by atoms with Crippen molar-refractivity contribution >= 4 is 28.4 Å². The van der Waals surface area contributed by atoms with Gasteiger partial charge in [-0.05, 0) is 29.2 Å². The molecule has 5 atom stereocenters. The maximum absolute atomic E-state index is 15.1. The van der Waals surface area contributed by atoms with Gasteiger partial charge in [-0.1, -0.05) is 86.6 Å². The SMILES string of the molecule is CO[C@@](C(=O)N[C@H]1Cc2ccc3c(c2)[C@]24c5cccc(c5NC2O3)-c2cccc3[nH]cc(c23)-c2cnc(o2)-c2nc(oc24)[C@H](C(C)C)NC1=O)(c1ccccc1)C(F)(F)F. The number of anilines is 1. The third-order valence-corrected chi connectivity index (χ3v) is 12.3. The van der Waals surface area contributed by atoms with Gasteiger partial charge in [0.1, 0.15) is 23.2 Å². The van der Waals surface area contributed by atoms with Crippen LogP contribution in [-0.4, -0.2) is 52.3 Å². The van der Waals surface area contributed by atoms with Crippen molar-refractivity contribution in [2.45, 2.75) is 55.8 Å². The molecule has 12 nitrogen and oxygen atoms in total. The van der Waals surface area contributed by atoms with Crippen molar-refractivity contribution < 1.29 is 41.1 Å². The molecule has 0 saturated heterocycles. The number of halogens is 3. The second kappa shape index (κ2) is 12.6. The Bertz CT molecular complexity index is 2920. The molecule has 1 spiro atoms. The molecule has 0 aliphatic carbocycles. The van der Waals surface area contributed by atoms with Crippen molar-refractivity contribution in [2.75, 3.05) is 12.4 Å². The lowest BCUT2D eigenvalue weighted by atomic mass is 9.72. The van der Waals surface area contributed by atoms with Gasteiger partial charge in [-0.3, -0.25) is 9.59 Å². The minimum Gasteiger partial charge on any atom is -0.469 e. The van der Waals surface area contributed by atoms with Crippen LogP contribution >= 0.6 is 0 Å². The highest BCUT2D eigenvalue weighted by molar-refractivity contribution is 6.07. The van der Waals surface area contributed by atoms with Crippen LogP contribution in [0.3, 0.4) is 0 Å². The molecule has 0 saturated carbocycles. The number of hydrogen-bond donors (Lipinski definition) is 4. The quantitative estimate of drug-likeness (QED) is 0.136. The highest BCUT2D eigenvalue weighted by Gasteiger charge is 2.64. The van der Waals surface area contributed by atoms with E-state index in [0.717, 1.165) is 58.1 Å². The zero-order valence-electron chi connectivity index (χ0n) is 32.2. The summed E-state index contributed by atoms with van der Waals surface area (Å²) < 4.78 is 70.7. The summed E-state index contributed by atoms with van der Waals surface area (Å²) in [6.07, 6.45) is -2.64. The lowest BCUT2D eigenvalue weighted by Gasteiger charge is -2.35. The first kappa shape index (κ1) is 36.2. The van der Waals surface area contributed by atoms with E-state index in [0.29, 0.717) is 28.4 Å². The van der Waals surface area contributed by atoms with Crippen molar-refractivity contribution in [2.24, 2.45) is 5.92 Å². The van der Waals surface area contributed by atoms with Crippen LogP contribution in [0, 0.1) is 5.92 Å². The minimum absolute atomic E-state index is 0.101. The monoisotopic (exact) mass is 812 g/mol. The Labute approximate surface area is 339 Å². The maximum atomic E-state index is 15.1. The fourth-order valence-corrected chi connectivity index (χ4v) is 9.54. The number of oxazole rings is 2. The Kier molecular flexibility index (Phi) is 7.59. The van der Waals surface area contributed by atoms with E-state index in [4.69, 9.17) is 28.3 Å². The Morgan fingerprint density at radius 1 is 0.950 bits per heavy atom. The van der Waals surface area contributed by atoms with Gasteiger partial charge in [0, 0.05) is 64.1 Å². The van der Waals surface area contributed by atoms with Crippen LogP contribution in [0.25, 0.3) is 44.9 Å². The summed E-state index contributed by atoms with van der Waals surface area (Å²) in [7, 11) is 0.818. The molecule has 7 aromatic rings. The average molecular weight is 813 g/mol. The van der Waals surface area contributed by atoms with Gasteiger partial charge < -0.3 is 39.2 Å². The van der Waals surface area contributed by atoms with Gasteiger partial charge in [0.05, 0.1) is 6.20 Å². The number of H-pyrrole nitrogens is 1. The molecule has 60 heavy (non-hydrogen) atoms. The molecule has 0 radical (unpaired) electrons. The summed E-state index contributed by atoms with van der Waals surface area (Å²) in [5.41, 5.74) is 1.53. The summed E-state index contributed by atoms with van der Waals surface area (Å²) in [5, 5.41) is 10.0. The Balaban J connectivity index is 1.15. The van der Waals surface area contributed by atoms with E-state index in [9.17, 15) is 9.59 Å². The Morgan fingerprint density at radius 2 is 1.75 bits per heavy atom. The molecule has 2 amide bonds. The maximum Gasteiger partial charge on any atom is 0.430 e. The molecule has 4 aliphatic rings. The van der Waals surface area contributed by atoms with Crippen LogP contribution in [0.15, 0.2) is 106 Å². The molecule has 11 rings (SSSR count). The lowest BCUT2D eigenvalue weighted by Crippen LogP contribution is -2.60. The van der Waals surface area contributed by atoms with Gasteiger partial charge in [0.15, 0.2) is 23.4 Å². The number of nitrogens with one attached hydrogen (secondary N) is 4. The molecule has 7 heterocycles. The topological polar surface area (TPSA) is 157 Å². The zero-order chi connectivity index (χ0) is 41.3. The molecule has 15 heteroatoms. The second-order valence-corrected chi connectivity index (χ2v) is 15.9. The van der Waals surface area contributed by atoms with Gasteiger partial charge in [-0.15, -0.1) is 0 Å². The number of methoxy groups -OCH3 is 1. The van der Waals surface area contributed by atoms with Crippen LogP contribution in [0.2, 0.25) is 0 Å². The molecule has 10 bridgehead atoms.